The number of carboxylic acid groups (broad SMARTS) is 1. The van der Waals surface area contributed by atoms with Gasteiger partial charge in [0, 0.05) is 39.0 Å². The highest BCUT2D eigenvalue weighted by Gasteiger charge is 2.66. The Kier molecular flexibility index (Phi) is 8.72. The van der Waals surface area contributed by atoms with E-state index in [-0.39, 0.29) is 34.2 Å². The second-order valence-electron chi connectivity index (χ2n) is 12.8. The molecule has 0 radical (unpaired) electrons. The topological polar surface area (TPSA) is 195 Å². The van der Waals surface area contributed by atoms with E-state index in [2.05, 4.69) is 5.32 Å². The molecule has 12 nitrogen and oxygen atoms in total. The third-order valence-corrected chi connectivity index (χ3v) is 12.2. The molecule has 0 aromatic heterocycles. The van der Waals surface area contributed by atoms with Crippen LogP contribution in [0.1, 0.15) is 66.2 Å². The minimum Gasteiger partial charge on any atom is -0.465 e. The lowest BCUT2D eigenvalue weighted by molar-refractivity contribution is -0.128. The third-order valence-electron chi connectivity index (χ3n) is 10.5. The molecule has 4 unspecified atom stereocenters. The second kappa shape index (κ2) is 10.7. The molecule has 4 bridgehead atoms. The van der Waals surface area contributed by atoms with Crippen LogP contribution in [0, 0.1) is 33.5 Å². The first-order valence-corrected chi connectivity index (χ1v) is 16.6. The van der Waals surface area contributed by atoms with Gasteiger partial charge in [0.05, 0.1) is 22.3 Å². The van der Waals surface area contributed by atoms with Crippen LogP contribution in [0.5, 0.6) is 0 Å². The number of carbonyl (C=O) groups is 3. The van der Waals surface area contributed by atoms with Crippen LogP contribution in [0.25, 0.3) is 0 Å². The average Bonchev–Trinajstić information content (AvgIpc) is 3.31. The fourth-order valence-corrected chi connectivity index (χ4v) is 10.3. The summed E-state index contributed by atoms with van der Waals surface area (Å²) in [6.45, 7) is 10.6. The van der Waals surface area contributed by atoms with Crippen LogP contribution in [-0.4, -0.2) is 91.3 Å². The highest BCUT2D eigenvalue weighted by Crippen LogP contribution is 2.65. The van der Waals surface area contributed by atoms with Crippen LogP contribution in [0.15, 0.2) is 0 Å². The molecule has 4 N–H and O–H groups in total. The summed E-state index contributed by atoms with van der Waals surface area (Å²) in [5.74, 6) is -0.203. The maximum Gasteiger partial charge on any atom is 0.407 e. The minimum atomic E-state index is -4.08. The van der Waals surface area contributed by atoms with E-state index in [1.807, 2.05) is 27.7 Å². The number of hydrogen-bond donors (Lipinski definition) is 4. The molecule has 4 saturated carbocycles. The summed E-state index contributed by atoms with van der Waals surface area (Å²) in [4.78, 5) is 35.4. The minimum absolute atomic E-state index is 0.0152. The summed E-state index contributed by atoms with van der Waals surface area (Å²) in [6.07, 6.45) is 3.14. The Balaban J connectivity index is 0.000000167. The maximum absolute atomic E-state index is 11.9. The number of hydrogen-bond acceptors (Lipinski definition) is 8. The fourth-order valence-electron chi connectivity index (χ4n) is 7.70. The first kappa shape index (κ1) is 31.9. The van der Waals surface area contributed by atoms with Crippen LogP contribution >= 0.6 is 0 Å². The van der Waals surface area contributed by atoms with E-state index in [4.69, 9.17) is 14.2 Å². The molecule has 0 spiro atoms. The van der Waals surface area contributed by atoms with Crippen molar-refractivity contribution in [3.8, 4) is 0 Å². The highest BCUT2D eigenvalue weighted by atomic mass is 32.2. The van der Waals surface area contributed by atoms with Gasteiger partial charge < -0.3 is 15.3 Å². The molecule has 0 aromatic rings. The summed E-state index contributed by atoms with van der Waals surface area (Å²) in [7, 11) is -8.15. The molecule has 224 valence electrons. The van der Waals surface area contributed by atoms with Crippen molar-refractivity contribution in [2.45, 2.75) is 66.2 Å². The van der Waals surface area contributed by atoms with Crippen molar-refractivity contribution in [1.82, 2.24) is 10.2 Å². The van der Waals surface area contributed by atoms with E-state index >= 15 is 0 Å². The van der Waals surface area contributed by atoms with Gasteiger partial charge in [-0.25, -0.2) is 4.79 Å². The number of amides is 1. The van der Waals surface area contributed by atoms with Gasteiger partial charge in [-0.1, -0.05) is 27.7 Å². The van der Waals surface area contributed by atoms with Gasteiger partial charge in [0.25, 0.3) is 20.2 Å². The maximum atomic E-state index is 11.9. The summed E-state index contributed by atoms with van der Waals surface area (Å²) in [5.41, 5.74) is -2.24. The predicted octanol–water partition coefficient (Wildman–Crippen LogP) is 2.11. The number of fused-ring (bicyclic) bond motifs is 4. The first-order chi connectivity index (χ1) is 17.7. The van der Waals surface area contributed by atoms with E-state index in [1.54, 1.807) is 0 Å². The van der Waals surface area contributed by atoms with Gasteiger partial charge in [0.1, 0.15) is 11.6 Å². The molecule has 1 saturated heterocycles. The number of rotatable bonds is 4. The molecule has 39 heavy (non-hydrogen) atoms. The second-order valence-corrected chi connectivity index (χ2v) is 15.7. The normalized spacial score (nSPS) is 34.3. The van der Waals surface area contributed by atoms with Crippen molar-refractivity contribution in [3.05, 3.63) is 0 Å². The number of piperazine rings is 1. The zero-order chi connectivity index (χ0) is 29.7. The largest absolute Gasteiger partial charge is 0.465 e. The lowest BCUT2D eigenvalue weighted by atomic mass is 9.70. The van der Waals surface area contributed by atoms with Gasteiger partial charge in [-0.2, -0.15) is 16.8 Å². The van der Waals surface area contributed by atoms with E-state index < -0.39 is 48.7 Å². The number of nitrogens with zero attached hydrogens (tertiary/aromatic N) is 1. The van der Waals surface area contributed by atoms with Crippen molar-refractivity contribution >= 4 is 37.9 Å². The van der Waals surface area contributed by atoms with Gasteiger partial charge in [0.15, 0.2) is 0 Å². The highest BCUT2D eigenvalue weighted by molar-refractivity contribution is 7.86. The Morgan fingerprint density at radius 3 is 1.38 bits per heavy atom. The fraction of sp³-hybridized carbons (Fsp3) is 0.880. The summed E-state index contributed by atoms with van der Waals surface area (Å²) < 4.78 is 62.0. The van der Waals surface area contributed by atoms with Crippen molar-refractivity contribution in [3.63, 3.8) is 0 Å². The van der Waals surface area contributed by atoms with Crippen LogP contribution in [0.3, 0.4) is 0 Å². The number of ketones is 2. The standard InChI is InChI=1S/2C10H16O4S.C5H10N2O2/c2*1-9(2)7-3-4-10(9,8(11)5-7)6-15(12,13)14;8-5(9)7-3-1-6-2-4-7/h2*7H,3-6H2,1-2H3,(H,12,13,14);6H,1-4H2,(H,8,9). The third kappa shape index (κ3) is 6.04. The lowest BCUT2D eigenvalue weighted by Crippen LogP contribution is -2.45. The monoisotopic (exact) mass is 594 g/mol. The van der Waals surface area contributed by atoms with Crippen LogP contribution in [0.4, 0.5) is 4.79 Å². The molecule has 5 aliphatic rings. The summed E-state index contributed by atoms with van der Waals surface area (Å²) >= 11 is 0. The van der Waals surface area contributed by atoms with Crippen LogP contribution < -0.4 is 5.32 Å². The molecular formula is C25H42N2O10S2. The molecular weight excluding hydrogens is 552 g/mol. The molecule has 5 rings (SSSR count). The first-order valence-electron chi connectivity index (χ1n) is 13.3. The Hall–Kier alpha value is -1.61. The van der Waals surface area contributed by atoms with E-state index in [0.717, 1.165) is 25.9 Å². The van der Waals surface area contributed by atoms with E-state index in [9.17, 15) is 31.2 Å². The number of nitrogens with one attached hydrogen (secondary N) is 1. The molecule has 0 aromatic carbocycles. The summed E-state index contributed by atoms with van der Waals surface area (Å²) in [5, 5.41) is 11.5. The quantitative estimate of drug-likeness (QED) is 0.348. The Morgan fingerprint density at radius 2 is 1.18 bits per heavy atom. The Bertz CT molecular complexity index is 1130. The molecule has 1 amide bonds. The predicted molar refractivity (Wildman–Crippen MR) is 142 cm³/mol. The van der Waals surface area contributed by atoms with Gasteiger partial charge in [-0.15, -0.1) is 0 Å². The molecule has 1 heterocycles. The number of carbonyl (C=O) groups excluding carboxylic acids is 2. The van der Waals surface area contributed by atoms with E-state index in [0.29, 0.717) is 38.8 Å². The van der Waals surface area contributed by atoms with Gasteiger partial charge in [-0.05, 0) is 48.3 Å². The van der Waals surface area contributed by atoms with Crippen LogP contribution in [0.2, 0.25) is 0 Å². The molecule has 4 aliphatic carbocycles. The average molecular weight is 595 g/mol. The molecule has 5 fully saturated rings. The van der Waals surface area contributed by atoms with Gasteiger partial charge in [-0.3, -0.25) is 18.7 Å². The van der Waals surface area contributed by atoms with Crippen molar-refractivity contribution in [2.24, 2.45) is 33.5 Å². The molecule has 1 aliphatic heterocycles. The lowest BCUT2D eigenvalue weighted by Gasteiger charge is -2.35. The molecule has 14 heteroatoms. The van der Waals surface area contributed by atoms with Crippen LogP contribution in [-0.2, 0) is 29.8 Å². The van der Waals surface area contributed by atoms with Gasteiger partial charge in [0.2, 0.25) is 0 Å². The van der Waals surface area contributed by atoms with Crippen molar-refractivity contribution < 1.29 is 45.4 Å². The smallest absolute Gasteiger partial charge is 0.407 e. The Labute approximate surface area is 230 Å². The molecule has 4 atom stereocenters. The Morgan fingerprint density at radius 1 is 0.821 bits per heavy atom. The van der Waals surface area contributed by atoms with Crippen molar-refractivity contribution in [1.29, 1.82) is 0 Å². The van der Waals surface area contributed by atoms with Gasteiger partial charge >= 0.3 is 6.09 Å². The van der Waals surface area contributed by atoms with Crippen molar-refractivity contribution in [2.75, 3.05) is 37.7 Å². The zero-order valence-electron chi connectivity index (χ0n) is 23.1. The number of Topliss-reactive ketones (excluding diaryl/α,β-unsaturated/α-hetero) is 2. The SMILES string of the molecule is CC1(C)C2CCC1(CS(=O)(=O)O)C(=O)C2.CC1(C)C2CCC1(CS(=O)(=O)O)C(=O)C2.O=C(O)N1CCNCC1. The zero-order valence-corrected chi connectivity index (χ0v) is 24.7. The summed E-state index contributed by atoms with van der Waals surface area (Å²) in [6, 6.07) is 0. The van der Waals surface area contributed by atoms with E-state index in [1.165, 1.54) is 4.90 Å².